The van der Waals surface area contributed by atoms with Crippen molar-refractivity contribution in [3.05, 3.63) is 24.0 Å². The van der Waals surface area contributed by atoms with Gasteiger partial charge >= 0.3 is 12.1 Å². The van der Waals surface area contributed by atoms with Crippen LogP contribution in [0.4, 0.5) is 13.2 Å². The molecule has 0 fully saturated rings. The van der Waals surface area contributed by atoms with Gasteiger partial charge < -0.3 is 9.67 Å². The average Bonchev–Trinajstić information content (AvgIpc) is 2.31. The lowest BCUT2D eigenvalue weighted by molar-refractivity contribution is -0.140. The van der Waals surface area contributed by atoms with Gasteiger partial charge in [-0.3, -0.25) is 0 Å². The Kier molecular flexibility index (Phi) is 2.31. The quantitative estimate of drug-likeness (QED) is 0.777. The first kappa shape index (κ1) is 9.63. The van der Waals surface area contributed by atoms with E-state index in [1.165, 1.54) is 0 Å². The molecule has 0 saturated heterocycles. The minimum atomic E-state index is -4.32. The number of carboxylic acids is 1. The molecule has 1 heterocycles. The van der Waals surface area contributed by atoms with Gasteiger partial charge in [0.05, 0.1) is 5.56 Å². The highest BCUT2D eigenvalue weighted by Gasteiger charge is 2.27. The van der Waals surface area contributed by atoms with Gasteiger partial charge in [-0.05, 0) is 6.07 Å². The van der Waals surface area contributed by atoms with Gasteiger partial charge in [0.15, 0.2) is 0 Å². The first-order valence-electron chi connectivity index (χ1n) is 3.34. The molecule has 1 aromatic rings. The molecular formula is C7H6F3NO2. The molecule has 1 rings (SSSR count). The lowest BCUT2D eigenvalue weighted by Gasteiger charge is -2.06. The summed E-state index contributed by atoms with van der Waals surface area (Å²) in [5.41, 5.74) is -0.149. The summed E-state index contributed by atoms with van der Waals surface area (Å²) in [6, 6.07) is 1.12. The summed E-state index contributed by atoms with van der Waals surface area (Å²) < 4.78 is 36.1. The van der Waals surface area contributed by atoms with Crippen molar-refractivity contribution in [2.45, 2.75) is 12.7 Å². The molecule has 1 aromatic heterocycles. The lowest BCUT2D eigenvalue weighted by Crippen LogP contribution is -2.16. The summed E-state index contributed by atoms with van der Waals surface area (Å²) >= 11 is 0. The molecule has 0 saturated carbocycles. The van der Waals surface area contributed by atoms with Crippen LogP contribution in [0.25, 0.3) is 0 Å². The molecule has 0 aliphatic heterocycles. The summed E-state index contributed by atoms with van der Waals surface area (Å²) in [5.74, 6) is -1.24. The molecular weight excluding hydrogens is 187 g/mol. The van der Waals surface area contributed by atoms with E-state index in [0.717, 1.165) is 23.0 Å². The largest absolute Gasteiger partial charge is 0.478 e. The highest BCUT2D eigenvalue weighted by Crippen LogP contribution is 2.17. The average molecular weight is 193 g/mol. The summed E-state index contributed by atoms with van der Waals surface area (Å²) in [6.07, 6.45) is -2.30. The van der Waals surface area contributed by atoms with Crippen LogP contribution in [0, 0.1) is 0 Å². The molecule has 0 atom stereocenters. The van der Waals surface area contributed by atoms with Gasteiger partial charge in [-0.25, -0.2) is 4.79 Å². The van der Waals surface area contributed by atoms with Crippen molar-refractivity contribution in [3.63, 3.8) is 0 Å². The maximum atomic E-state index is 11.8. The number of halogens is 3. The standard InChI is InChI=1S/C7H6F3NO2/c8-7(9,10)4-11-2-1-5(3-11)6(12)13/h1-3H,4H2,(H,12,13). The van der Waals surface area contributed by atoms with Crippen LogP contribution < -0.4 is 0 Å². The van der Waals surface area contributed by atoms with E-state index in [-0.39, 0.29) is 5.56 Å². The number of carbonyl (C=O) groups is 1. The van der Waals surface area contributed by atoms with Crippen LogP contribution in [-0.2, 0) is 6.54 Å². The van der Waals surface area contributed by atoms with Crippen LogP contribution >= 0.6 is 0 Å². The summed E-state index contributed by atoms with van der Waals surface area (Å²) in [7, 11) is 0. The van der Waals surface area contributed by atoms with Gasteiger partial charge in [-0.15, -0.1) is 0 Å². The number of alkyl halides is 3. The molecule has 0 unspecified atom stereocenters. The van der Waals surface area contributed by atoms with Crippen LogP contribution in [-0.4, -0.2) is 21.8 Å². The molecule has 0 bridgehead atoms. The van der Waals surface area contributed by atoms with Crippen LogP contribution in [0.1, 0.15) is 10.4 Å². The van der Waals surface area contributed by atoms with Crippen molar-refractivity contribution in [2.75, 3.05) is 0 Å². The van der Waals surface area contributed by atoms with Gasteiger partial charge in [0.1, 0.15) is 6.54 Å². The Morgan fingerprint density at radius 2 is 2.15 bits per heavy atom. The van der Waals surface area contributed by atoms with E-state index in [1.807, 2.05) is 0 Å². The van der Waals surface area contributed by atoms with Crippen molar-refractivity contribution in [3.8, 4) is 0 Å². The number of nitrogens with zero attached hydrogens (tertiary/aromatic N) is 1. The van der Waals surface area contributed by atoms with E-state index < -0.39 is 18.7 Å². The van der Waals surface area contributed by atoms with Crippen molar-refractivity contribution >= 4 is 5.97 Å². The molecule has 0 amide bonds. The van der Waals surface area contributed by atoms with Gasteiger partial charge in [-0.2, -0.15) is 13.2 Å². The SMILES string of the molecule is O=C(O)c1ccn(CC(F)(F)F)c1. The number of aromatic carboxylic acids is 1. The fourth-order valence-electron chi connectivity index (χ4n) is 0.873. The molecule has 72 valence electrons. The molecule has 3 nitrogen and oxygen atoms in total. The Bertz CT molecular complexity index is 316. The van der Waals surface area contributed by atoms with Crippen molar-refractivity contribution < 1.29 is 23.1 Å². The highest BCUT2D eigenvalue weighted by molar-refractivity contribution is 5.87. The summed E-state index contributed by atoms with van der Waals surface area (Å²) in [5, 5.41) is 8.40. The first-order valence-corrected chi connectivity index (χ1v) is 3.34. The Balaban J connectivity index is 2.75. The molecule has 0 aromatic carbocycles. The Morgan fingerprint density at radius 3 is 2.54 bits per heavy atom. The predicted molar refractivity (Wildman–Crippen MR) is 37.4 cm³/mol. The molecule has 0 spiro atoms. The molecule has 0 aliphatic carbocycles. The van der Waals surface area contributed by atoms with Crippen LogP contribution in [0.5, 0.6) is 0 Å². The van der Waals surface area contributed by atoms with Crippen LogP contribution in [0.3, 0.4) is 0 Å². The molecule has 0 aliphatic rings. The zero-order valence-corrected chi connectivity index (χ0v) is 6.38. The second-order valence-electron chi connectivity index (χ2n) is 2.49. The second-order valence-corrected chi connectivity index (χ2v) is 2.49. The van der Waals surface area contributed by atoms with E-state index in [2.05, 4.69) is 0 Å². The number of hydrogen-bond donors (Lipinski definition) is 1. The smallest absolute Gasteiger partial charge is 0.406 e. The minimum Gasteiger partial charge on any atom is -0.478 e. The summed E-state index contributed by atoms with van der Waals surface area (Å²) in [6.45, 7) is -1.17. The Morgan fingerprint density at radius 1 is 1.54 bits per heavy atom. The molecule has 1 N–H and O–H groups in total. The van der Waals surface area contributed by atoms with Crippen molar-refractivity contribution in [2.24, 2.45) is 0 Å². The number of rotatable bonds is 2. The lowest BCUT2D eigenvalue weighted by atomic mass is 10.4. The number of hydrogen-bond acceptors (Lipinski definition) is 1. The topological polar surface area (TPSA) is 42.2 Å². The fraction of sp³-hybridized carbons (Fsp3) is 0.286. The normalized spacial score (nSPS) is 11.6. The highest BCUT2D eigenvalue weighted by atomic mass is 19.4. The van der Waals surface area contributed by atoms with E-state index in [1.54, 1.807) is 0 Å². The number of carboxylic acid groups (broad SMARTS) is 1. The van der Waals surface area contributed by atoms with E-state index in [0.29, 0.717) is 0 Å². The predicted octanol–water partition coefficient (Wildman–Crippen LogP) is 1.75. The monoisotopic (exact) mass is 193 g/mol. The van der Waals surface area contributed by atoms with Crippen molar-refractivity contribution in [1.29, 1.82) is 0 Å². The number of aromatic nitrogens is 1. The third kappa shape index (κ3) is 2.81. The maximum Gasteiger partial charge on any atom is 0.406 e. The van der Waals surface area contributed by atoms with E-state index in [9.17, 15) is 18.0 Å². The zero-order chi connectivity index (χ0) is 10.1. The van der Waals surface area contributed by atoms with Crippen LogP contribution in [0.2, 0.25) is 0 Å². The first-order chi connectivity index (χ1) is 5.88. The molecule has 13 heavy (non-hydrogen) atoms. The molecule has 0 radical (unpaired) electrons. The molecule has 6 heteroatoms. The fourth-order valence-corrected chi connectivity index (χ4v) is 0.873. The Hall–Kier alpha value is -1.46. The van der Waals surface area contributed by atoms with E-state index >= 15 is 0 Å². The van der Waals surface area contributed by atoms with Gasteiger partial charge in [0, 0.05) is 12.4 Å². The Labute approximate surface area is 71.4 Å². The second kappa shape index (κ2) is 3.12. The van der Waals surface area contributed by atoms with E-state index in [4.69, 9.17) is 5.11 Å². The third-order valence-electron chi connectivity index (χ3n) is 1.36. The van der Waals surface area contributed by atoms with Gasteiger partial charge in [-0.1, -0.05) is 0 Å². The zero-order valence-electron chi connectivity index (χ0n) is 6.38. The van der Waals surface area contributed by atoms with Crippen LogP contribution in [0.15, 0.2) is 18.5 Å². The van der Waals surface area contributed by atoms with Gasteiger partial charge in [0.2, 0.25) is 0 Å². The maximum absolute atomic E-state index is 11.8. The van der Waals surface area contributed by atoms with Crippen molar-refractivity contribution in [1.82, 2.24) is 4.57 Å². The summed E-state index contributed by atoms with van der Waals surface area (Å²) in [4.78, 5) is 10.3. The third-order valence-corrected chi connectivity index (χ3v) is 1.36. The minimum absolute atomic E-state index is 0.149. The van der Waals surface area contributed by atoms with Gasteiger partial charge in [0.25, 0.3) is 0 Å².